The van der Waals surface area contributed by atoms with Crippen LogP contribution in [0.15, 0.2) is 182 Å². The monoisotopic (exact) mass is 903 g/mol. The summed E-state index contributed by atoms with van der Waals surface area (Å²) in [5.41, 5.74) is 0. The third-order valence-corrected chi connectivity index (χ3v) is 9.26. The van der Waals surface area contributed by atoms with Crippen LogP contribution in [0.25, 0.3) is 0 Å². The molecule has 0 N–H and O–H groups in total. The van der Waals surface area contributed by atoms with Crippen LogP contribution in [0.3, 0.4) is 0 Å². The minimum Gasteiger partial charge on any atom is -0.462 e. The van der Waals surface area contributed by atoms with Crippen LogP contribution in [0, 0.1) is 0 Å². The molecule has 0 spiro atoms. The van der Waals surface area contributed by atoms with E-state index in [-0.39, 0.29) is 38.4 Å². The van der Waals surface area contributed by atoms with Crippen molar-refractivity contribution >= 4 is 17.9 Å². The maximum Gasteiger partial charge on any atom is 0.306 e. The lowest BCUT2D eigenvalue weighted by Crippen LogP contribution is -2.30. The van der Waals surface area contributed by atoms with Gasteiger partial charge in [-0.05, 0) is 109 Å². The minimum absolute atomic E-state index is 0.162. The van der Waals surface area contributed by atoms with Gasteiger partial charge < -0.3 is 14.2 Å². The number of carbonyl (C=O) groups excluding carboxylic acids is 3. The first-order valence-corrected chi connectivity index (χ1v) is 24.8. The van der Waals surface area contributed by atoms with E-state index in [9.17, 15) is 14.4 Å². The van der Waals surface area contributed by atoms with Crippen molar-refractivity contribution in [3.05, 3.63) is 182 Å². The number of rotatable bonds is 41. The Morgan fingerprint density at radius 3 is 1.06 bits per heavy atom. The first-order valence-electron chi connectivity index (χ1n) is 24.8. The Morgan fingerprint density at radius 1 is 0.318 bits per heavy atom. The third-order valence-electron chi connectivity index (χ3n) is 9.26. The van der Waals surface area contributed by atoms with Crippen molar-refractivity contribution in [3.63, 3.8) is 0 Å². The van der Waals surface area contributed by atoms with Gasteiger partial charge in [-0.1, -0.05) is 209 Å². The second-order valence-electron chi connectivity index (χ2n) is 15.3. The standard InChI is InChI=1S/C60H86O6/c1-4-7-10-13-16-19-22-25-27-29-30-31-33-35-38-41-44-47-50-53-59(62)65-56-57(55-64-58(61)52-49-46-43-40-37-34-24-21-18-15-12-9-6-3)66-60(63)54-51-48-45-42-39-36-32-28-26-23-20-17-14-11-8-5-2/h7-12,15-21,24-28,30-31,34-39,44-45,47-48,57H,4-6,13-14,22-23,29,32-33,40-43,46,49-56H2,1-3H3/b10-7-,11-8-,12-9-,18-15-,19-16-,20-17-,24-21-,27-25-,28-26-,31-30-,37-34-,38-35-,39-36-,47-44-,48-45-. The molecule has 6 heteroatoms. The molecule has 0 fully saturated rings. The van der Waals surface area contributed by atoms with E-state index in [1.807, 2.05) is 60.8 Å². The molecule has 0 aliphatic carbocycles. The van der Waals surface area contributed by atoms with E-state index < -0.39 is 18.0 Å². The molecule has 0 heterocycles. The highest BCUT2D eigenvalue weighted by Crippen LogP contribution is 2.08. The van der Waals surface area contributed by atoms with Gasteiger partial charge in [0.05, 0.1) is 0 Å². The Bertz CT molecular complexity index is 1650. The van der Waals surface area contributed by atoms with E-state index >= 15 is 0 Å². The van der Waals surface area contributed by atoms with E-state index in [1.165, 1.54) is 0 Å². The Balaban J connectivity index is 4.71. The van der Waals surface area contributed by atoms with Crippen LogP contribution in [-0.2, 0) is 28.6 Å². The van der Waals surface area contributed by atoms with Gasteiger partial charge in [-0.2, -0.15) is 0 Å². The molecular weight excluding hydrogens is 817 g/mol. The van der Waals surface area contributed by atoms with Gasteiger partial charge in [0, 0.05) is 19.3 Å². The van der Waals surface area contributed by atoms with Crippen molar-refractivity contribution in [2.75, 3.05) is 13.2 Å². The van der Waals surface area contributed by atoms with Gasteiger partial charge in [0.1, 0.15) is 13.2 Å². The number of hydrogen-bond donors (Lipinski definition) is 0. The van der Waals surface area contributed by atoms with E-state index in [0.717, 1.165) is 96.3 Å². The Kier molecular flexibility index (Phi) is 47.8. The summed E-state index contributed by atoms with van der Waals surface area (Å²) in [6.07, 6.45) is 79.0. The summed E-state index contributed by atoms with van der Waals surface area (Å²) in [4.78, 5) is 37.9. The fourth-order valence-corrected chi connectivity index (χ4v) is 5.64. The molecular formula is C60H86O6. The van der Waals surface area contributed by atoms with E-state index in [2.05, 4.69) is 142 Å². The molecule has 1 atom stereocenters. The predicted octanol–water partition coefficient (Wildman–Crippen LogP) is 16.6. The number of hydrogen-bond acceptors (Lipinski definition) is 6. The first-order chi connectivity index (χ1) is 32.5. The van der Waals surface area contributed by atoms with Gasteiger partial charge in [-0.15, -0.1) is 0 Å². The molecule has 6 nitrogen and oxygen atoms in total. The van der Waals surface area contributed by atoms with Crippen LogP contribution >= 0.6 is 0 Å². The predicted molar refractivity (Wildman–Crippen MR) is 283 cm³/mol. The molecule has 0 rings (SSSR count). The lowest BCUT2D eigenvalue weighted by atomic mass is 10.1. The molecule has 0 saturated heterocycles. The molecule has 0 bridgehead atoms. The summed E-state index contributed by atoms with van der Waals surface area (Å²) in [6.45, 7) is 6.06. The average molecular weight is 903 g/mol. The van der Waals surface area contributed by atoms with Crippen LogP contribution in [0.1, 0.15) is 156 Å². The Morgan fingerprint density at radius 2 is 0.652 bits per heavy atom. The first kappa shape index (κ1) is 60.5. The zero-order valence-corrected chi connectivity index (χ0v) is 41.1. The van der Waals surface area contributed by atoms with Gasteiger partial charge >= 0.3 is 17.9 Å². The molecule has 0 aromatic carbocycles. The summed E-state index contributed by atoms with van der Waals surface area (Å²) in [5.74, 6) is -1.19. The van der Waals surface area contributed by atoms with Crippen molar-refractivity contribution in [3.8, 4) is 0 Å². The molecule has 0 aromatic heterocycles. The van der Waals surface area contributed by atoms with Crippen LogP contribution < -0.4 is 0 Å². The molecule has 0 aliphatic rings. The number of carbonyl (C=O) groups is 3. The van der Waals surface area contributed by atoms with Crippen molar-refractivity contribution in [2.24, 2.45) is 0 Å². The smallest absolute Gasteiger partial charge is 0.306 e. The van der Waals surface area contributed by atoms with Gasteiger partial charge in [-0.3, -0.25) is 14.4 Å². The quantitative estimate of drug-likeness (QED) is 0.0200. The topological polar surface area (TPSA) is 78.9 Å². The van der Waals surface area contributed by atoms with Gasteiger partial charge in [0.2, 0.25) is 0 Å². The summed E-state index contributed by atoms with van der Waals surface area (Å²) in [5, 5.41) is 0. The molecule has 1 unspecified atom stereocenters. The van der Waals surface area contributed by atoms with Crippen LogP contribution in [-0.4, -0.2) is 37.2 Å². The highest BCUT2D eigenvalue weighted by atomic mass is 16.6. The normalized spacial score (nSPS) is 13.7. The van der Waals surface area contributed by atoms with Crippen molar-refractivity contribution in [2.45, 2.75) is 162 Å². The lowest BCUT2D eigenvalue weighted by molar-refractivity contribution is -0.166. The van der Waals surface area contributed by atoms with Crippen LogP contribution in [0.4, 0.5) is 0 Å². The van der Waals surface area contributed by atoms with Gasteiger partial charge in [-0.25, -0.2) is 0 Å². The van der Waals surface area contributed by atoms with Crippen LogP contribution in [0.5, 0.6) is 0 Å². The molecule has 0 amide bonds. The SMILES string of the molecule is CC\C=C/C=C\C=C/C=C\CCCCCC(=O)OCC(COC(=O)CC/C=C\C/C=C\C/C=C\C/C=C\C/C=C\C/C=C\CC)OC(=O)CC/C=C\C/C=C\C/C=C\C/C=C\C/C=C\CC. The zero-order chi connectivity index (χ0) is 47.9. The van der Waals surface area contributed by atoms with E-state index in [0.29, 0.717) is 19.3 Å². The minimum atomic E-state index is -0.875. The number of allylic oxidation sites excluding steroid dienone is 30. The van der Waals surface area contributed by atoms with Crippen LogP contribution in [0.2, 0.25) is 0 Å². The fourth-order valence-electron chi connectivity index (χ4n) is 5.64. The number of ether oxygens (including phenoxy) is 3. The molecule has 0 aliphatic heterocycles. The number of unbranched alkanes of at least 4 members (excludes halogenated alkanes) is 3. The van der Waals surface area contributed by atoms with E-state index in [4.69, 9.17) is 14.2 Å². The third kappa shape index (κ3) is 49.5. The molecule has 66 heavy (non-hydrogen) atoms. The summed E-state index contributed by atoms with van der Waals surface area (Å²) in [7, 11) is 0. The highest BCUT2D eigenvalue weighted by molar-refractivity contribution is 5.71. The lowest BCUT2D eigenvalue weighted by Gasteiger charge is -2.18. The molecule has 0 radical (unpaired) electrons. The molecule has 0 saturated carbocycles. The average Bonchev–Trinajstić information content (AvgIpc) is 3.31. The van der Waals surface area contributed by atoms with Gasteiger partial charge in [0.15, 0.2) is 6.10 Å². The van der Waals surface area contributed by atoms with Crippen molar-refractivity contribution in [1.29, 1.82) is 0 Å². The second-order valence-corrected chi connectivity index (χ2v) is 15.3. The fraction of sp³-hybridized carbons (Fsp3) is 0.450. The summed E-state index contributed by atoms with van der Waals surface area (Å²) in [6, 6.07) is 0. The Hall–Kier alpha value is -5.49. The molecule has 0 aromatic rings. The van der Waals surface area contributed by atoms with Gasteiger partial charge in [0.25, 0.3) is 0 Å². The maximum atomic E-state index is 12.8. The second kappa shape index (κ2) is 52.1. The summed E-state index contributed by atoms with van der Waals surface area (Å²) < 4.78 is 16.6. The number of esters is 3. The zero-order valence-electron chi connectivity index (χ0n) is 41.1. The highest BCUT2D eigenvalue weighted by Gasteiger charge is 2.19. The largest absolute Gasteiger partial charge is 0.462 e. The summed E-state index contributed by atoms with van der Waals surface area (Å²) >= 11 is 0. The maximum absolute atomic E-state index is 12.8. The van der Waals surface area contributed by atoms with Crippen molar-refractivity contribution < 1.29 is 28.6 Å². The molecule has 362 valence electrons. The Labute approximate surface area is 402 Å². The van der Waals surface area contributed by atoms with Crippen molar-refractivity contribution in [1.82, 2.24) is 0 Å². The van der Waals surface area contributed by atoms with E-state index in [1.54, 1.807) is 0 Å².